The van der Waals surface area contributed by atoms with Gasteiger partial charge in [0.15, 0.2) is 0 Å². The van der Waals surface area contributed by atoms with Gasteiger partial charge in [-0.2, -0.15) is 0 Å². The van der Waals surface area contributed by atoms with E-state index in [0.717, 1.165) is 57.8 Å². The number of amides is 7. The lowest BCUT2D eigenvalue weighted by Crippen LogP contribution is -2.61. The molecule has 0 aromatic carbocycles. The minimum absolute atomic E-state index is 0.00925. The lowest BCUT2D eigenvalue weighted by atomic mass is 9.76. The van der Waals surface area contributed by atoms with E-state index in [1.165, 1.54) is 15.9 Å². The van der Waals surface area contributed by atoms with E-state index in [2.05, 4.69) is 27.8 Å². The van der Waals surface area contributed by atoms with Crippen molar-refractivity contribution in [1.29, 1.82) is 0 Å². The van der Waals surface area contributed by atoms with Crippen LogP contribution in [0.15, 0.2) is 12.7 Å². The van der Waals surface area contributed by atoms with Crippen molar-refractivity contribution in [3.05, 3.63) is 12.7 Å². The maximum atomic E-state index is 14.5. The average molecular weight is 727 g/mol. The van der Waals surface area contributed by atoms with Crippen LogP contribution in [-0.2, 0) is 28.8 Å². The van der Waals surface area contributed by atoms with Crippen LogP contribution < -0.4 is 21.3 Å². The van der Waals surface area contributed by atoms with E-state index in [1.54, 1.807) is 0 Å². The summed E-state index contributed by atoms with van der Waals surface area (Å²) in [7, 11) is 0. The summed E-state index contributed by atoms with van der Waals surface area (Å²) in [5.41, 5.74) is -0.748. The minimum Gasteiger partial charge on any atom is -0.346 e. The molecule has 2 saturated carbocycles. The summed E-state index contributed by atoms with van der Waals surface area (Å²) >= 11 is 0. The van der Waals surface area contributed by atoms with Crippen LogP contribution in [0.4, 0.5) is 4.79 Å². The van der Waals surface area contributed by atoms with Crippen LogP contribution in [0, 0.1) is 22.7 Å². The molecule has 7 amide bonds. The summed E-state index contributed by atoms with van der Waals surface area (Å²) in [5, 5.41) is 11.2. The van der Waals surface area contributed by atoms with Gasteiger partial charge in [-0.15, -0.1) is 6.58 Å². The van der Waals surface area contributed by atoms with Crippen molar-refractivity contribution in [3.8, 4) is 0 Å². The predicted molar refractivity (Wildman–Crippen MR) is 196 cm³/mol. The number of imide groups is 1. The number of nitrogens with zero attached hydrogens (tertiary/aromatic N) is 2. The van der Waals surface area contributed by atoms with Crippen molar-refractivity contribution in [2.75, 3.05) is 19.6 Å². The molecule has 2 unspecified atom stereocenters. The maximum Gasteiger partial charge on any atom is 0.315 e. The molecule has 1 spiro atoms. The van der Waals surface area contributed by atoms with E-state index in [0.29, 0.717) is 32.2 Å². The van der Waals surface area contributed by atoms with E-state index < -0.39 is 53.2 Å². The second kappa shape index (κ2) is 17.8. The summed E-state index contributed by atoms with van der Waals surface area (Å²) in [6, 6.07) is -3.96. The highest BCUT2D eigenvalue weighted by Gasteiger charge is 2.47. The predicted octanol–water partition coefficient (Wildman–Crippen LogP) is 3.75. The van der Waals surface area contributed by atoms with Gasteiger partial charge in [0.05, 0.1) is 12.1 Å². The first-order valence-corrected chi connectivity index (χ1v) is 19.5. The quantitative estimate of drug-likeness (QED) is 0.120. The van der Waals surface area contributed by atoms with E-state index >= 15 is 0 Å². The first-order valence-electron chi connectivity index (χ1n) is 19.5. The molecule has 2 aliphatic carbocycles. The first-order chi connectivity index (χ1) is 24.6. The molecule has 13 heteroatoms. The number of nitrogens with one attached hydrogen (secondary N) is 4. The molecule has 2 heterocycles. The van der Waals surface area contributed by atoms with Gasteiger partial charge < -0.3 is 26.2 Å². The average Bonchev–Trinajstić information content (AvgIpc) is 3.72. The second-order valence-corrected chi connectivity index (χ2v) is 16.9. The fourth-order valence-corrected chi connectivity index (χ4v) is 8.58. The Hall–Kier alpha value is -3.77. The first kappa shape index (κ1) is 41.0. The van der Waals surface area contributed by atoms with Crippen LogP contribution in [0.2, 0.25) is 0 Å². The number of hydrogen-bond acceptors (Lipinski definition) is 7. The molecule has 4 fully saturated rings. The summed E-state index contributed by atoms with van der Waals surface area (Å²) in [6.45, 7) is 13.6. The number of Topliss-reactive ketones (excluding diaryl/α,β-unsaturated/α-hetero) is 1. The molecule has 0 aromatic rings. The van der Waals surface area contributed by atoms with Gasteiger partial charge in [0.25, 0.3) is 5.91 Å². The number of urea groups is 1. The highest BCUT2D eigenvalue weighted by atomic mass is 16.2. The van der Waals surface area contributed by atoms with Gasteiger partial charge in [-0.25, -0.2) is 4.79 Å². The number of hydrogen-bond donors (Lipinski definition) is 4. The monoisotopic (exact) mass is 726 g/mol. The maximum absolute atomic E-state index is 14.5. The molecule has 0 aromatic heterocycles. The van der Waals surface area contributed by atoms with E-state index in [9.17, 15) is 33.6 Å². The number of ketones is 1. The Morgan fingerprint density at radius 3 is 2.15 bits per heavy atom. The highest BCUT2D eigenvalue weighted by Crippen LogP contribution is 2.47. The van der Waals surface area contributed by atoms with Crippen LogP contribution in [0.3, 0.4) is 0 Å². The van der Waals surface area contributed by atoms with Crippen molar-refractivity contribution in [2.45, 2.75) is 149 Å². The van der Waals surface area contributed by atoms with Gasteiger partial charge in [-0.05, 0) is 61.2 Å². The van der Waals surface area contributed by atoms with Gasteiger partial charge in [-0.1, -0.05) is 79.2 Å². The zero-order valence-corrected chi connectivity index (χ0v) is 32.0. The van der Waals surface area contributed by atoms with Gasteiger partial charge in [0.2, 0.25) is 29.4 Å². The molecular formula is C39H62N6O7. The Morgan fingerprint density at radius 1 is 0.942 bits per heavy atom. The fourth-order valence-electron chi connectivity index (χ4n) is 8.58. The number of rotatable bonds is 14. The topological polar surface area (TPSA) is 174 Å². The van der Waals surface area contributed by atoms with Crippen LogP contribution in [-0.4, -0.2) is 95.0 Å². The third-order valence-electron chi connectivity index (χ3n) is 11.6. The molecule has 2 aliphatic heterocycles. The van der Waals surface area contributed by atoms with Crippen molar-refractivity contribution >= 4 is 41.4 Å². The zero-order valence-electron chi connectivity index (χ0n) is 32.0. The normalized spacial score (nSPS) is 23.9. The van der Waals surface area contributed by atoms with Crippen molar-refractivity contribution in [2.24, 2.45) is 22.7 Å². The Balaban J connectivity index is 1.49. The Labute approximate surface area is 309 Å². The number of carbonyl (C=O) groups is 7. The smallest absolute Gasteiger partial charge is 0.315 e. The molecule has 4 aliphatic rings. The number of likely N-dealkylation sites (tertiary alicyclic amines) is 2. The van der Waals surface area contributed by atoms with Gasteiger partial charge >= 0.3 is 6.03 Å². The molecule has 0 radical (unpaired) electrons. The molecule has 52 heavy (non-hydrogen) atoms. The Kier molecular flexibility index (Phi) is 14.1. The molecule has 0 bridgehead atoms. The summed E-state index contributed by atoms with van der Waals surface area (Å²) in [6.07, 6.45) is 11.5. The molecule has 4 rings (SSSR count). The van der Waals surface area contributed by atoms with Gasteiger partial charge in [0.1, 0.15) is 12.1 Å². The lowest BCUT2D eigenvalue weighted by Gasteiger charge is -2.41. The third-order valence-corrected chi connectivity index (χ3v) is 11.6. The number of piperidine rings is 1. The standard InChI is InChI=1S/C39H62N6O7/c1-7-14-27(33(48)35(50)40-19-8-2)41-34(49)28-20-25(3)23-44(28)36(51)32(26-15-10-9-11-16-26)43-37(52)42-29(38(4,5)6)24-45-30(46)21-39(22-31(45)47)17-12-13-18-39/h8,25-29,32H,2,7,9-24H2,1,3-6H3,(H,40,50)(H,41,49)(H2,42,43,52)/t25?,27?,28-,29+,32-/m0/s1. The molecule has 290 valence electrons. The van der Waals surface area contributed by atoms with Crippen molar-refractivity contribution in [1.82, 2.24) is 31.1 Å². The third kappa shape index (κ3) is 10.2. The summed E-state index contributed by atoms with van der Waals surface area (Å²) < 4.78 is 0. The highest BCUT2D eigenvalue weighted by molar-refractivity contribution is 6.38. The fraction of sp³-hybridized carbons (Fsp3) is 0.769. The summed E-state index contributed by atoms with van der Waals surface area (Å²) in [5.74, 6) is -2.96. The van der Waals surface area contributed by atoms with E-state index in [4.69, 9.17) is 0 Å². The van der Waals surface area contributed by atoms with Crippen molar-refractivity contribution < 1.29 is 33.6 Å². The number of carbonyl (C=O) groups excluding carboxylic acids is 7. The molecule has 2 saturated heterocycles. The minimum atomic E-state index is -1.04. The zero-order chi connectivity index (χ0) is 38.2. The second-order valence-electron chi connectivity index (χ2n) is 16.9. The molecule has 13 nitrogen and oxygen atoms in total. The molecular weight excluding hydrogens is 664 g/mol. The van der Waals surface area contributed by atoms with Crippen LogP contribution in [0.5, 0.6) is 0 Å². The molecule has 5 atom stereocenters. The van der Waals surface area contributed by atoms with Gasteiger partial charge in [0, 0.05) is 32.5 Å². The van der Waals surface area contributed by atoms with Crippen molar-refractivity contribution in [3.63, 3.8) is 0 Å². The van der Waals surface area contributed by atoms with Crippen LogP contribution in [0.1, 0.15) is 125 Å². The van der Waals surface area contributed by atoms with Crippen LogP contribution >= 0.6 is 0 Å². The Morgan fingerprint density at radius 2 is 1.58 bits per heavy atom. The summed E-state index contributed by atoms with van der Waals surface area (Å²) in [4.78, 5) is 97.0. The van der Waals surface area contributed by atoms with E-state index in [1.807, 2.05) is 34.6 Å². The largest absolute Gasteiger partial charge is 0.346 e. The Bertz CT molecular complexity index is 1340. The van der Waals surface area contributed by atoms with Crippen LogP contribution in [0.25, 0.3) is 0 Å². The lowest BCUT2D eigenvalue weighted by molar-refractivity contribution is -0.154. The molecule has 4 N–H and O–H groups in total. The van der Waals surface area contributed by atoms with Gasteiger partial charge in [-0.3, -0.25) is 33.7 Å². The van der Waals surface area contributed by atoms with E-state index in [-0.39, 0.29) is 54.5 Å². The SMILES string of the molecule is C=CCNC(=O)C(=O)C(CCC)NC(=O)[C@@H]1CC(C)CN1C(=O)[C@@H](NC(=O)N[C@H](CN1C(=O)CC2(CCCC2)CC1=O)C(C)(C)C)C1CCCCC1.